The fourth-order valence-electron chi connectivity index (χ4n) is 2.07. The Labute approximate surface area is 129 Å². The lowest BCUT2D eigenvalue weighted by Gasteiger charge is -2.07. The fourth-order valence-corrected chi connectivity index (χ4v) is 3.16. The predicted molar refractivity (Wildman–Crippen MR) is 86.6 cm³/mol. The van der Waals surface area contributed by atoms with Crippen molar-refractivity contribution in [2.24, 2.45) is 0 Å². The third kappa shape index (κ3) is 4.12. The summed E-state index contributed by atoms with van der Waals surface area (Å²) in [5.41, 5.74) is 3.13. The van der Waals surface area contributed by atoms with E-state index in [1.54, 1.807) is 0 Å². The zero-order valence-electron chi connectivity index (χ0n) is 12.9. The number of benzene rings is 1. The number of carbonyl (C=O) groups is 1. The van der Waals surface area contributed by atoms with E-state index in [0.717, 1.165) is 22.8 Å². The number of thiazole rings is 1. The lowest BCUT2D eigenvalue weighted by molar-refractivity contribution is 0.0954. The van der Waals surface area contributed by atoms with Crippen molar-refractivity contribution in [2.45, 2.75) is 26.9 Å². The van der Waals surface area contributed by atoms with Crippen LogP contribution in [0.5, 0.6) is 0 Å². The van der Waals surface area contributed by atoms with Gasteiger partial charge in [0.1, 0.15) is 9.88 Å². The van der Waals surface area contributed by atoms with Crippen molar-refractivity contribution in [3.8, 4) is 0 Å². The van der Waals surface area contributed by atoms with Crippen molar-refractivity contribution < 1.29 is 4.79 Å². The van der Waals surface area contributed by atoms with Gasteiger partial charge >= 0.3 is 0 Å². The van der Waals surface area contributed by atoms with Crippen molar-refractivity contribution in [3.05, 3.63) is 51.0 Å². The summed E-state index contributed by atoms with van der Waals surface area (Å²) in [4.78, 5) is 19.5. The first-order valence-electron chi connectivity index (χ1n) is 6.91. The number of hydrogen-bond acceptors (Lipinski definition) is 4. The molecule has 0 atom stereocenters. The van der Waals surface area contributed by atoms with Gasteiger partial charge in [-0.3, -0.25) is 4.79 Å². The highest BCUT2D eigenvalue weighted by atomic mass is 32.1. The molecule has 0 radical (unpaired) electrons. The quantitative estimate of drug-likeness (QED) is 0.924. The molecule has 0 unspecified atom stereocenters. The lowest BCUT2D eigenvalue weighted by Crippen LogP contribution is -2.23. The number of aryl methyl sites for hydroxylation is 2. The van der Waals surface area contributed by atoms with Gasteiger partial charge < -0.3 is 10.2 Å². The highest BCUT2D eigenvalue weighted by Gasteiger charge is 2.15. The minimum Gasteiger partial charge on any atom is -0.347 e. The molecule has 1 aromatic carbocycles. The second-order valence-electron chi connectivity index (χ2n) is 5.37. The van der Waals surface area contributed by atoms with E-state index >= 15 is 0 Å². The van der Waals surface area contributed by atoms with Gasteiger partial charge in [-0.15, -0.1) is 11.3 Å². The Kier molecular flexibility index (Phi) is 5.09. The Morgan fingerprint density at radius 1 is 1.29 bits per heavy atom. The monoisotopic (exact) mass is 303 g/mol. The van der Waals surface area contributed by atoms with Crippen LogP contribution in [0.4, 0.5) is 0 Å². The van der Waals surface area contributed by atoms with E-state index in [9.17, 15) is 4.79 Å². The molecule has 4 nitrogen and oxygen atoms in total. The predicted octanol–water partition coefficient (Wildman–Crippen LogP) is 2.75. The van der Waals surface area contributed by atoms with Crippen molar-refractivity contribution in [1.82, 2.24) is 15.2 Å². The SMILES string of the molecule is Cc1ccccc1CNC(=O)c1sc(CN(C)C)nc1C. The second-order valence-corrected chi connectivity index (χ2v) is 6.45. The summed E-state index contributed by atoms with van der Waals surface area (Å²) >= 11 is 1.47. The van der Waals surface area contributed by atoms with Crippen LogP contribution < -0.4 is 5.32 Å². The zero-order chi connectivity index (χ0) is 15.4. The molecular weight excluding hydrogens is 282 g/mol. The summed E-state index contributed by atoms with van der Waals surface area (Å²) in [6.45, 7) is 5.25. The summed E-state index contributed by atoms with van der Waals surface area (Å²) < 4.78 is 0. The molecule has 21 heavy (non-hydrogen) atoms. The summed E-state index contributed by atoms with van der Waals surface area (Å²) in [5, 5.41) is 3.95. The van der Waals surface area contributed by atoms with Gasteiger partial charge in [0, 0.05) is 13.1 Å². The molecule has 0 fully saturated rings. The van der Waals surface area contributed by atoms with Gasteiger partial charge in [-0.05, 0) is 39.1 Å². The van der Waals surface area contributed by atoms with Gasteiger partial charge in [0.15, 0.2) is 0 Å². The Morgan fingerprint density at radius 3 is 2.67 bits per heavy atom. The molecule has 0 aliphatic heterocycles. The van der Waals surface area contributed by atoms with Crippen LogP contribution in [-0.4, -0.2) is 29.9 Å². The number of amides is 1. The smallest absolute Gasteiger partial charge is 0.263 e. The molecule has 0 aliphatic carbocycles. The van der Waals surface area contributed by atoms with Crippen molar-refractivity contribution >= 4 is 17.2 Å². The molecule has 1 heterocycles. The Hall–Kier alpha value is -1.72. The highest BCUT2D eigenvalue weighted by Crippen LogP contribution is 2.19. The van der Waals surface area contributed by atoms with Crippen LogP contribution >= 0.6 is 11.3 Å². The standard InChI is InChI=1S/C16H21N3OS/c1-11-7-5-6-8-13(11)9-17-16(20)15-12(2)18-14(21-15)10-19(3)4/h5-8H,9-10H2,1-4H3,(H,17,20). The molecule has 5 heteroatoms. The molecular formula is C16H21N3OS. The number of hydrogen-bond donors (Lipinski definition) is 1. The Morgan fingerprint density at radius 2 is 2.00 bits per heavy atom. The van der Waals surface area contributed by atoms with Gasteiger partial charge in [-0.25, -0.2) is 4.98 Å². The van der Waals surface area contributed by atoms with Gasteiger partial charge in [0.05, 0.1) is 5.69 Å². The van der Waals surface area contributed by atoms with Crippen molar-refractivity contribution in [2.75, 3.05) is 14.1 Å². The van der Waals surface area contributed by atoms with Crippen LogP contribution in [0.2, 0.25) is 0 Å². The average molecular weight is 303 g/mol. The molecule has 2 rings (SSSR count). The minimum absolute atomic E-state index is 0.0433. The molecule has 112 valence electrons. The molecule has 0 aliphatic rings. The Balaban J connectivity index is 2.04. The molecule has 2 aromatic rings. The van der Waals surface area contributed by atoms with Crippen molar-refractivity contribution in [1.29, 1.82) is 0 Å². The first kappa shape index (κ1) is 15.7. The number of nitrogens with zero attached hydrogens (tertiary/aromatic N) is 2. The van der Waals surface area contributed by atoms with Crippen molar-refractivity contribution in [3.63, 3.8) is 0 Å². The normalized spacial score (nSPS) is 10.9. The van der Waals surface area contributed by atoms with E-state index in [2.05, 4.69) is 23.3 Å². The third-order valence-electron chi connectivity index (χ3n) is 3.20. The Bertz CT molecular complexity index is 634. The van der Waals surface area contributed by atoms with Crippen LogP contribution in [0.1, 0.15) is 31.5 Å². The first-order valence-corrected chi connectivity index (χ1v) is 7.72. The number of aromatic nitrogens is 1. The maximum atomic E-state index is 12.3. The number of nitrogens with one attached hydrogen (secondary N) is 1. The molecule has 0 bridgehead atoms. The first-order chi connectivity index (χ1) is 9.97. The van der Waals surface area contributed by atoms with Crippen LogP contribution in [0, 0.1) is 13.8 Å². The van der Waals surface area contributed by atoms with Crippen LogP contribution in [0.3, 0.4) is 0 Å². The average Bonchev–Trinajstić information content (AvgIpc) is 2.77. The van der Waals surface area contributed by atoms with E-state index in [0.29, 0.717) is 11.4 Å². The summed E-state index contributed by atoms with van der Waals surface area (Å²) in [6, 6.07) is 8.07. The van der Waals surface area contributed by atoms with E-state index in [4.69, 9.17) is 0 Å². The van der Waals surface area contributed by atoms with Gasteiger partial charge in [-0.2, -0.15) is 0 Å². The van der Waals surface area contributed by atoms with Crippen LogP contribution in [0.25, 0.3) is 0 Å². The largest absolute Gasteiger partial charge is 0.347 e. The molecule has 1 aromatic heterocycles. The number of carbonyl (C=O) groups excluding carboxylic acids is 1. The summed E-state index contributed by atoms with van der Waals surface area (Å²) in [7, 11) is 3.99. The van der Waals surface area contributed by atoms with E-state index in [1.165, 1.54) is 16.9 Å². The lowest BCUT2D eigenvalue weighted by atomic mass is 10.1. The zero-order valence-corrected chi connectivity index (χ0v) is 13.8. The maximum Gasteiger partial charge on any atom is 0.263 e. The minimum atomic E-state index is -0.0433. The van der Waals surface area contributed by atoms with Crippen LogP contribution in [-0.2, 0) is 13.1 Å². The van der Waals surface area contributed by atoms with E-state index in [1.807, 2.05) is 44.1 Å². The molecule has 0 saturated heterocycles. The van der Waals surface area contributed by atoms with Gasteiger partial charge in [0.2, 0.25) is 0 Å². The second kappa shape index (κ2) is 6.83. The van der Waals surface area contributed by atoms with Crippen LogP contribution in [0.15, 0.2) is 24.3 Å². The summed E-state index contributed by atoms with van der Waals surface area (Å²) in [5.74, 6) is -0.0433. The van der Waals surface area contributed by atoms with E-state index in [-0.39, 0.29) is 5.91 Å². The van der Waals surface area contributed by atoms with E-state index < -0.39 is 0 Å². The molecule has 0 spiro atoms. The topological polar surface area (TPSA) is 45.2 Å². The fraction of sp³-hybridized carbons (Fsp3) is 0.375. The van der Waals surface area contributed by atoms with Gasteiger partial charge in [-0.1, -0.05) is 24.3 Å². The molecule has 0 saturated carbocycles. The summed E-state index contributed by atoms with van der Waals surface area (Å²) in [6.07, 6.45) is 0. The highest BCUT2D eigenvalue weighted by molar-refractivity contribution is 7.13. The third-order valence-corrected chi connectivity index (χ3v) is 4.34. The number of rotatable bonds is 5. The molecule has 1 amide bonds. The van der Waals surface area contributed by atoms with Gasteiger partial charge in [0.25, 0.3) is 5.91 Å². The molecule has 1 N–H and O–H groups in total. The maximum absolute atomic E-state index is 12.3.